The lowest BCUT2D eigenvalue weighted by Gasteiger charge is -2.06. The van der Waals surface area contributed by atoms with E-state index in [4.69, 9.17) is 28.9 Å². The highest BCUT2D eigenvalue weighted by atomic mass is 35.5. The standard InChI is InChI=1S/C9H9Cl2NO2/c1-14-8(13)3-5-2-6(10)4-7(12)9(5)11/h2,4H,3,12H2,1H3. The van der Waals surface area contributed by atoms with Crippen molar-refractivity contribution in [3.63, 3.8) is 0 Å². The fraction of sp³-hybridized carbons (Fsp3) is 0.222. The van der Waals surface area contributed by atoms with Gasteiger partial charge in [0, 0.05) is 5.02 Å². The van der Waals surface area contributed by atoms with Crippen molar-refractivity contribution in [1.82, 2.24) is 0 Å². The summed E-state index contributed by atoms with van der Waals surface area (Å²) >= 11 is 11.6. The topological polar surface area (TPSA) is 52.3 Å². The average molecular weight is 234 g/mol. The molecule has 1 aromatic rings. The van der Waals surface area contributed by atoms with Crippen LogP contribution in [0.1, 0.15) is 5.56 Å². The second-order valence-electron chi connectivity index (χ2n) is 2.72. The van der Waals surface area contributed by atoms with Crippen molar-refractivity contribution in [2.75, 3.05) is 12.8 Å². The molecule has 0 fully saturated rings. The summed E-state index contributed by atoms with van der Waals surface area (Å²) in [5.74, 6) is -0.381. The highest BCUT2D eigenvalue weighted by Crippen LogP contribution is 2.28. The van der Waals surface area contributed by atoms with Crippen molar-refractivity contribution in [1.29, 1.82) is 0 Å². The van der Waals surface area contributed by atoms with Crippen LogP contribution in [0.4, 0.5) is 5.69 Å². The first-order valence-corrected chi connectivity index (χ1v) is 4.60. The number of esters is 1. The third-order valence-electron chi connectivity index (χ3n) is 1.70. The van der Waals surface area contributed by atoms with Crippen molar-refractivity contribution in [3.05, 3.63) is 27.7 Å². The molecule has 0 aliphatic heterocycles. The summed E-state index contributed by atoms with van der Waals surface area (Å²) in [6.07, 6.45) is 0.0695. The SMILES string of the molecule is COC(=O)Cc1cc(Cl)cc(N)c1Cl. The van der Waals surface area contributed by atoms with E-state index in [0.29, 0.717) is 21.3 Å². The molecule has 1 aromatic carbocycles. The van der Waals surface area contributed by atoms with Crippen LogP contribution >= 0.6 is 23.2 Å². The van der Waals surface area contributed by atoms with Crippen LogP contribution in [-0.4, -0.2) is 13.1 Å². The van der Waals surface area contributed by atoms with Gasteiger partial charge in [0.05, 0.1) is 24.2 Å². The molecular weight excluding hydrogens is 225 g/mol. The molecule has 0 heterocycles. The van der Waals surface area contributed by atoms with Crippen molar-refractivity contribution < 1.29 is 9.53 Å². The maximum absolute atomic E-state index is 11.0. The maximum Gasteiger partial charge on any atom is 0.310 e. The van der Waals surface area contributed by atoms with Crippen LogP contribution in [0, 0.1) is 0 Å². The minimum atomic E-state index is -0.381. The number of halogens is 2. The molecule has 0 atom stereocenters. The fourth-order valence-electron chi connectivity index (χ4n) is 1.03. The van der Waals surface area contributed by atoms with Crippen molar-refractivity contribution >= 4 is 34.9 Å². The van der Waals surface area contributed by atoms with Crippen LogP contribution in [0.2, 0.25) is 10.0 Å². The number of nitrogens with two attached hydrogens (primary N) is 1. The molecule has 5 heteroatoms. The Morgan fingerprint density at radius 3 is 2.71 bits per heavy atom. The molecular formula is C9H9Cl2NO2. The van der Waals surface area contributed by atoms with E-state index in [1.165, 1.54) is 13.2 Å². The summed E-state index contributed by atoms with van der Waals surface area (Å²) in [5.41, 5.74) is 6.50. The van der Waals surface area contributed by atoms with Crippen LogP contribution in [0.25, 0.3) is 0 Å². The number of carbonyl (C=O) groups is 1. The first-order valence-electron chi connectivity index (χ1n) is 3.84. The second kappa shape index (κ2) is 4.53. The Labute approximate surface area is 91.7 Å². The molecule has 0 aromatic heterocycles. The Bertz CT molecular complexity index is 366. The Hall–Kier alpha value is -0.930. The molecule has 0 bridgehead atoms. The highest BCUT2D eigenvalue weighted by Gasteiger charge is 2.10. The summed E-state index contributed by atoms with van der Waals surface area (Å²) in [4.78, 5) is 11.0. The first kappa shape index (κ1) is 11.1. The second-order valence-corrected chi connectivity index (χ2v) is 3.54. The number of hydrogen-bond acceptors (Lipinski definition) is 3. The van der Waals surface area contributed by atoms with Gasteiger partial charge in [0.2, 0.25) is 0 Å². The van der Waals surface area contributed by atoms with E-state index < -0.39 is 0 Å². The van der Waals surface area contributed by atoms with Crippen LogP contribution < -0.4 is 5.73 Å². The predicted octanol–water partition coefficient (Wildman–Crippen LogP) is 2.29. The lowest BCUT2D eigenvalue weighted by atomic mass is 10.1. The molecule has 0 spiro atoms. The molecule has 0 aliphatic rings. The molecule has 0 aliphatic carbocycles. The Morgan fingerprint density at radius 2 is 2.14 bits per heavy atom. The number of methoxy groups -OCH3 is 1. The van der Waals surface area contributed by atoms with Gasteiger partial charge in [-0.2, -0.15) is 0 Å². The van der Waals surface area contributed by atoms with Gasteiger partial charge < -0.3 is 10.5 Å². The summed E-state index contributed by atoms with van der Waals surface area (Å²) in [6, 6.07) is 3.13. The number of hydrogen-bond donors (Lipinski definition) is 1. The Morgan fingerprint density at radius 1 is 1.50 bits per heavy atom. The van der Waals surface area contributed by atoms with E-state index in [1.807, 2.05) is 0 Å². The zero-order valence-corrected chi connectivity index (χ0v) is 9.02. The third kappa shape index (κ3) is 2.53. The molecule has 0 radical (unpaired) electrons. The van der Waals surface area contributed by atoms with Gasteiger partial charge in [0.15, 0.2) is 0 Å². The number of anilines is 1. The molecule has 0 amide bonds. The lowest BCUT2D eigenvalue weighted by molar-refractivity contribution is -0.139. The molecule has 3 nitrogen and oxygen atoms in total. The summed E-state index contributed by atoms with van der Waals surface area (Å²) in [7, 11) is 1.31. The van der Waals surface area contributed by atoms with Gasteiger partial charge in [-0.3, -0.25) is 4.79 Å². The van der Waals surface area contributed by atoms with Crippen LogP contribution in [0.3, 0.4) is 0 Å². The molecule has 2 N–H and O–H groups in total. The first-order chi connectivity index (χ1) is 6.54. The maximum atomic E-state index is 11.0. The van der Waals surface area contributed by atoms with Crippen LogP contribution in [-0.2, 0) is 16.0 Å². The van der Waals surface area contributed by atoms with E-state index in [0.717, 1.165) is 0 Å². The van der Waals surface area contributed by atoms with Gasteiger partial charge >= 0.3 is 5.97 Å². The summed E-state index contributed by atoms with van der Waals surface area (Å²) < 4.78 is 4.51. The number of ether oxygens (including phenoxy) is 1. The van der Waals surface area contributed by atoms with E-state index >= 15 is 0 Å². The number of nitrogen functional groups attached to an aromatic ring is 1. The molecule has 0 saturated carbocycles. The smallest absolute Gasteiger partial charge is 0.310 e. The van der Waals surface area contributed by atoms with Gasteiger partial charge in [-0.15, -0.1) is 0 Å². The van der Waals surface area contributed by atoms with Crippen LogP contribution in [0.5, 0.6) is 0 Å². The monoisotopic (exact) mass is 233 g/mol. The number of benzene rings is 1. The fourth-order valence-corrected chi connectivity index (χ4v) is 1.45. The molecule has 14 heavy (non-hydrogen) atoms. The van der Waals surface area contributed by atoms with Crippen molar-refractivity contribution in [2.45, 2.75) is 6.42 Å². The van der Waals surface area contributed by atoms with Gasteiger partial charge in [-0.05, 0) is 17.7 Å². The average Bonchev–Trinajstić information content (AvgIpc) is 2.13. The third-order valence-corrected chi connectivity index (χ3v) is 2.38. The number of rotatable bonds is 2. The highest BCUT2D eigenvalue weighted by molar-refractivity contribution is 6.36. The van der Waals surface area contributed by atoms with Crippen molar-refractivity contribution in [3.8, 4) is 0 Å². The molecule has 76 valence electrons. The largest absolute Gasteiger partial charge is 0.469 e. The van der Waals surface area contributed by atoms with Gasteiger partial charge in [0.25, 0.3) is 0 Å². The molecule has 0 unspecified atom stereocenters. The van der Waals surface area contributed by atoms with Gasteiger partial charge in [-0.25, -0.2) is 0 Å². The minimum absolute atomic E-state index is 0.0695. The van der Waals surface area contributed by atoms with E-state index in [2.05, 4.69) is 4.74 Å². The van der Waals surface area contributed by atoms with Gasteiger partial charge in [0.1, 0.15) is 0 Å². The molecule has 1 rings (SSSR count). The van der Waals surface area contributed by atoms with Crippen LogP contribution in [0.15, 0.2) is 12.1 Å². The number of carbonyl (C=O) groups excluding carboxylic acids is 1. The van der Waals surface area contributed by atoms with E-state index in [-0.39, 0.29) is 12.4 Å². The zero-order chi connectivity index (χ0) is 10.7. The quantitative estimate of drug-likeness (QED) is 0.630. The Balaban J connectivity index is 3.02. The minimum Gasteiger partial charge on any atom is -0.469 e. The van der Waals surface area contributed by atoms with E-state index in [9.17, 15) is 4.79 Å². The Kier molecular flexibility index (Phi) is 3.61. The zero-order valence-electron chi connectivity index (χ0n) is 7.51. The van der Waals surface area contributed by atoms with Crippen molar-refractivity contribution in [2.24, 2.45) is 0 Å². The molecule has 0 saturated heterocycles. The predicted molar refractivity (Wildman–Crippen MR) is 56.6 cm³/mol. The lowest BCUT2D eigenvalue weighted by Crippen LogP contribution is -2.05. The summed E-state index contributed by atoms with van der Waals surface area (Å²) in [5, 5.41) is 0.797. The van der Waals surface area contributed by atoms with Gasteiger partial charge in [-0.1, -0.05) is 23.2 Å². The summed E-state index contributed by atoms with van der Waals surface area (Å²) in [6.45, 7) is 0. The van der Waals surface area contributed by atoms with E-state index in [1.54, 1.807) is 6.07 Å². The normalized spacial score (nSPS) is 9.93.